The van der Waals surface area contributed by atoms with Crippen molar-refractivity contribution < 1.29 is 13.9 Å². The zero-order valence-electron chi connectivity index (χ0n) is 23.4. The van der Waals surface area contributed by atoms with Crippen LogP contribution in [0.4, 0.5) is 15.8 Å². The van der Waals surface area contributed by atoms with Gasteiger partial charge in [-0.2, -0.15) is 0 Å². The van der Waals surface area contributed by atoms with Gasteiger partial charge in [-0.3, -0.25) is 9.20 Å². The lowest BCUT2D eigenvalue weighted by Crippen LogP contribution is -2.52. The summed E-state index contributed by atoms with van der Waals surface area (Å²) in [6.07, 6.45) is 4.83. The van der Waals surface area contributed by atoms with E-state index in [4.69, 9.17) is 16.3 Å². The molecule has 214 valence electrons. The third-order valence-electron chi connectivity index (χ3n) is 8.02. The lowest BCUT2D eigenvalue weighted by molar-refractivity contribution is 0.0943. The number of pyridine rings is 1. The molecular weight excluding hydrogens is 541 g/mol. The van der Waals surface area contributed by atoms with E-state index in [2.05, 4.69) is 51.3 Å². The lowest BCUT2D eigenvalue weighted by atomic mass is 10.1. The summed E-state index contributed by atoms with van der Waals surface area (Å²) >= 11 is 6.15. The summed E-state index contributed by atoms with van der Waals surface area (Å²) in [7, 11) is 0. The standard InChI is InChI=1S/C32H35ClFN5O2/c1-3-29-31(39-19-24(33)7-13-30(39)36-29)32(40)35-17-23-6-8-26(16-28(23)34)37-14-15-38(21(2)18-37)25-9-11-27(12-10-25)41-20-22-4-5-22/h6-13,16,19,21-22H,3-5,14-15,17-18,20H2,1-2H3,(H,35,40)/t21-/m0/s1. The van der Waals surface area contributed by atoms with Crippen molar-refractivity contribution in [1.29, 1.82) is 0 Å². The van der Waals surface area contributed by atoms with Crippen LogP contribution < -0.4 is 19.9 Å². The number of hydrogen-bond acceptors (Lipinski definition) is 5. The van der Waals surface area contributed by atoms with Crippen molar-refractivity contribution in [3.05, 3.63) is 88.6 Å². The van der Waals surface area contributed by atoms with Crippen LogP contribution in [0.25, 0.3) is 5.65 Å². The molecule has 2 aliphatic rings. The van der Waals surface area contributed by atoms with Gasteiger partial charge in [0.2, 0.25) is 0 Å². The van der Waals surface area contributed by atoms with Gasteiger partial charge in [0, 0.05) is 55.4 Å². The van der Waals surface area contributed by atoms with Crippen molar-refractivity contribution in [2.75, 3.05) is 36.0 Å². The van der Waals surface area contributed by atoms with Crippen molar-refractivity contribution in [3.63, 3.8) is 0 Å². The molecule has 1 aliphatic heterocycles. The van der Waals surface area contributed by atoms with Gasteiger partial charge in [-0.15, -0.1) is 0 Å². The molecule has 7 nitrogen and oxygen atoms in total. The van der Waals surface area contributed by atoms with Crippen molar-refractivity contribution >= 4 is 34.5 Å². The van der Waals surface area contributed by atoms with Crippen LogP contribution in [-0.4, -0.2) is 47.6 Å². The van der Waals surface area contributed by atoms with Gasteiger partial charge >= 0.3 is 0 Å². The van der Waals surface area contributed by atoms with Crippen LogP contribution in [0.3, 0.4) is 0 Å². The predicted molar refractivity (Wildman–Crippen MR) is 161 cm³/mol. The van der Waals surface area contributed by atoms with Crippen LogP contribution in [0.1, 0.15) is 48.4 Å². The number of aromatic nitrogens is 2. The molecule has 0 bridgehead atoms. The number of rotatable bonds is 9. The summed E-state index contributed by atoms with van der Waals surface area (Å²) in [5.74, 6) is 1.01. The maximum Gasteiger partial charge on any atom is 0.270 e. The first kappa shape index (κ1) is 27.4. The zero-order chi connectivity index (χ0) is 28.5. The van der Waals surface area contributed by atoms with Gasteiger partial charge in [0.25, 0.3) is 5.91 Å². The van der Waals surface area contributed by atoms with Gasteiger partial charge in [-0.25, -0.2) is 9.37 Å². The van der Waals surface area contributed by atoms with Crippen molar-refractivity contribution in [2.45, 2.75) is 45.7 Å². The molecule has 1 N–H and O–H groups in total. The van der Waals surface area contributed by atoms with E-state index in [0.29, 0.717) is 34.0 Å². The highest BCUT2D eigenvalue weighted by Gasteiger charge is 2.26. The first-order valence-corrected chi connectivity index (χ1v) is 14.7. The van der Waals surface area contributed by atoms with Crippen LogP contribution in [0.5, 0.6) is 5.75 Å². The molecule has 1 atom stereocenters. The molecular formula is C32H35ClFN5O2. The number of amides is 1. The largest absolute Gasteiger partial charge is 0.493 e. The number of nitrogens with zero attached hydrogens (tertiary/aromatic N) is 4. The van der Waals surface area contributed by atoms with Crippen molar-refractivity contribution in [2.24, 2.45) is 5.92 Å². The second-order valence-electron chi connectivity index (χ2n) is 11.0. The molecule has 1 saturated carbocycles. The Morgan fingerprint density at radius 2 is 1.88 bits per heavy atom. The molecule has 0 unspecified atom stereocenters. The van der Waals surface area contributed by atoms with E-state index < -0.39 is 0 Å². The number of aryl methyl sites for hydroxylation is 1. The predicted octanol–water partition coefficient (Wildman–Crippen LogP) is 6.12. The fourth-order valence-electron chi connectivity index (χ4n) is 5.50. The minimum absolute atomic E-state index is 0.0758. The first-order valence-electron chi connectivity index (χ1n) is 14.4. The van der Waals surface area contributed by atoms with Gasteiger partial charge in [0.05, 0.1) is 17.3 Å². The van der Waals surface area contributed by atoms with Crippen LogP contribution >= 0.6 is 11.6 Å². The molecule has 41 heavy (non-hydrogen) atoms. The first-order chi connectivity index (χ1) is 19.9. The maximum absolute atomic E-state index is 15.2. The Morgan fingerprint density at radius 3 is 2.59 bits per heavy atom. The van der Waals surface area contributed by atoms with Crippen LogP contribution in [0.15, 0.2) is 60.8 Å². The van der Waals surface area contributed by atoms with Crippen LogP contribution in [-0.2, 0) is 13.0 Å². The number of ether oxygens (including phenoxy) is 1. The summed E-state index contributed by atoms with van der Waals surface area (Å²) in [4.78, 5) is 22.3. The highest BCUT2D eigenvalue weighted by molar-refractivity contribution is 6.30. The number of benzene rings is 2. The van der Waals surface area contributed by atoms with Gasteiger partial charge in [-0.05, 0) is 80.6 Å². The third kappa shape index (κ3) is 5.98. The normalized spacial score (nSPS) is 17.2. The van der Waals surface area contributed by atoms with Crippen LogP contribution in [0.2, 0.25) is 5.02 Å². The van der Waals surface area contributed by atoms with E-state index in [1.807, 2.05) is 13.0 Å². The summed E-state index contributed by atoms with van der Waals surface area (Å²) < 4.78 is 22.8. The molecule has 1 aliphatic carbocycles. The highest BCUT2D eigenvalue weighted by atomic mass is 35.5. The van der Waals surface area contributed by atoms with E-state index in [-0.39, 0.29) is 24.3 Å². The highest BCUT2D eigenvalue weighted by Crippen LogP contribution is 2.31. The molecule has 4 aromatic rings. The van der Waals surface area contributed by atoms with Gasteiger partial charge in [0.1, 0.15) is 22.9 Å². The Hall–Kier alpha value is -3.78. The monoisotopic (exact) mass is 575 g/mol. The number of imidazole rings is 1. The number of hydrogen-bond donors (Lipinski definition) is 1. The topological polar surface area (TPSA) is 62.1 Å². The molecule has 3 heterocycles. The van der Waals surface area contributed by atoms with E-state index in [0.717, 1.165) is 43.6 Å². The van der Waals surface area contributed by atoms with Crippen LogP contribution in [0, 0.1) is 11.7 Å². The van der Waals surface area contributed by atoms with E-state index in [1.165, 1.54) is 18.5 Å². The molecule has 6 rings (SSSR count). The van der Waals surface area contributed by atoms with Crippen molar-refractivity contribution in [1.82, 2.24) is 14.7 Å². The smallest absolute Gasteiger partial charge is 0.270 e. The van der Waals surface area contributed by atoms with E-state index >= 15 is 4.39 Å². The Balaban J connectivity index is 1.07. The maximum atomic E-state index is 15.2. The number of fused-ring (bicyclic) bond motifs is 1. The summed E-state index contributed by atoms with van der Waals surface area (Å²) in [6.45, 7) is 7.44. The van der Waals surface area contributed by atoms with Gasteiger partial charge in [0.15, 0.2) is 0 Å². The average Bonchev–Trinajstić information content (AvgIpc) is 3.74. The molecule has 9 heteroatoms. The minimum atomic E-state index is -0.337. The molecule has 0 spiro atoms. The fraction of sp³-hybridized carbons (Fsp3) is 0.375. The van der Waals surface area contributed by atoms with E-state index in [9.17, 15) is 4.79 Å². The fourth-order valence-corrected chi connectivity index (χ4v) is 5.66. The molecule has 2 aromatic carbocycles. The van der Waals surface area contributed by atoms with Crippen molar-refractivity contribution in [3.8, 4) is 5.75 Å². The number of nitrogens with one attached hydrogen (secondary N) is 1. The number of piperazine rings is 1. The quantitative estimate of drug-likeness (QED) is 0.260. The molecule has 1 amide bonds. The Labute approximate surface area is 244 Å². The van der Waals surface area contributed by atoms with Gasteiger partial charge < -0.3 is 19.9 Å². The average molecular weight is 576 g/mol. The number of anilines is 2. The molecule has 2 fully saturated rings. The molecule has 0 radical (unpaired) electrons. The molecule has 1 saturated heterocycles. The Morgan fingerprint density at radius 1 is 1.10 bits per heavy atom. The van der Waals surface area contributed by atoms with E-state index in [1.54, 1.807) is 34.9 Å². The second kappa shape index (κ2) is 11.6. The third-order valence-corrected chi connectivity index (χ3v) is 8.25. The summed E-state index contributed by atoms with van der Waals surface area (Å²) in [5, 5.41) is 3.38. The number of halogens is 2. The molecule has 2 aromatic heterocycles. The summed E-state index contributed by atoms with van der Waals surface area (Å²) in [6, 6.07) is 17.4. The Kier molecular flexibility index (Phi) is 7.75. The Bertz CT molecular complexity index is 1550. The minimum Gasteiger partial charge on any atom is -0.493 e. The number of carbonyl (C=O) groups is 1. The zero-order valence-corrected chi connectivity index (χ0v) is 24.2. The second-order valence-corrected chi connectivity index (χ2v) is 11.5. The lowest BCUT2D eigenvalue weighted by Gasteiger charge is -2.42. The summed E-state index contributed by atoms with van der Waals surface area (Å²) in [5.41, 5.74) is 4.20. The number of carbonyl (C=O) groups excluding carboxylic acids is 1. The SMILES string of the molecule is CCc1nc2ccc(Cl)cn2c1C(=O)NCc1ccc(N2CCN(c3ccc(OCC4CC4)cc3)[C@@H](C)C2)cc1F. The van der Waals surface area contributed by atoms with Gasteiger partial charge in [-0.1, -0.05) is 24.6 Å².